The fraction of sp³-hybridized carbons (Fsp3) is 0.478. The molecule has 2 aromatic rings. The number of amides is 2. The summed E-state index contributed by atoms with van der Waals surface area (Å²) in [7, 11) is 3.36. The highest BCUT2D eigenvalue weighted by molar-refractivity contribution is 6.01. The molecule has 0 bridgehead atoms. The summed E-state index contributed by atoms with van der Waals surface area (Å²) in [5.74, 6) is 1.74. The Morgan fingerprint density at radius 2 is 1.77 bits per heavy atom. The molecule has 0 unspecified atom stereocenters. The number of benzene rings is 1. The second-order valence-electron chi connectivity index (χ2n) is 8.05. The number of piperazine rings is 1. The van der Waals surface area contributed by atoms with Gasteiger partial charge in [-0.3, -0.25) is 9.80 Å². The molecule has 1 aromatic carbocycles. The summed E-state index contributed by atoms with van der Waals surface area (Å²) in [6, 6.07) is 11.9. The van der Waals surface area contributed by atoms with Gasteiger partial charge in [0.25, 0.3) is 0 Å². The Balaban J connectivity index is 1.30. The Hall–Kier alpha value is -2.80. The topological polar surface area (TPSA) is 60.9 Å². The molecule has 160 valence electrons. The van der Waals surface area contributed by atoms with Crippen molar-refractivity contribution in [2.24, 2.45) is 0 Å². The van der Waals surface area contributed by atoms with E-state index in [1.165, 1.54) is 25.7 Å². The molecule has 4 rings (SSSR count). The predicted molar refractivity (Wildman–Crippen MR) is 121 cm³/mol. The van der Waals surface area contributed by atoms with Crippen molar-refractivity contribution in [1.82, 2.24) is 9.88 Å². The van der Waals surface area contributed by atoms with E-state index in [9.17, 15) is 4.79 Å². The Morgan fingerprint density at radius 3 is 2.37 bits per heavy atom. The van der Waals surface area contributed by atoms with Gasteiger partial charge in [0.15, 0.2) is 0 Å². The van der Waals surface area contributed by atoms with Crippen LogP contribution in [0.4, 0.5) is 22.0 Å². The van der Waals surface area contributed by atoms with Crippen molar-refractivity contribution in [3.05, 3.63) is 42.6 Å². The number of nitrogens with one attached hydrogen (secondary N) is 1. The van der Waals surface area contributed by atoms with E-state index >= 15 is 0 Å². The zero-order valence-corrected chi connectivity index (χ0v) is 17.9. The van der Waals surface area contributed by atoms with Crippen molar-refractivity contribution in [3.8, 4) is 5.75 Å². The molecule has 1 aliphatic carbocycles. The van der Waals surface area contributed by atoms with Crippen molar-refractivity contribution in [3.63, 3.8) is 0 Å². The van der Waals surface area contributed by atoms with Crippen molar-refractivity contribution < 1.29 is 9.53 Å². The molecule has 30 heavy (non-hydrogen) atoms. The van der Waals surface area contributed by atoms with Crippen LogP contribution in [-0.4, -0.2) is 62.3 Å². The third-order valence-electron chi connectivity index (χ3n) is 6.24. The van der Waals surface area contributed by atoms with Crippen LogP contribution in [0.2, 0.25) is 0 Å². The van der Waals surface area contributed by atoms with Crippen molar-refractivity contribution in [2.45, 2.75) is 31.7 Å². The molecule has 7 nitrogen and oxygen atoms in total. The Kier molecular flexibility index (Phi) is 6.38. The Labute approximate surface area is 178 Å². The van der Waals surface area contributed by atoms with Gasteiger partial charge in [0.05, 0.1) is 19.0 Å². The van der Waals surface area contributed by atoms with Gasteiger partial charge in [0.2, 0.25) is 0 Å². The molecule has 2 fully saturated rings. The number of anilines is 3. The van der Waals surface area contributed by atoms with Crippen molar-refractivity contribution >= 4 is 23.2 Å². The second kappa shape index (κ2) is 9.34. The first-order chi connectivity index (χ1) is 14.6. The lowest BCUT2D eigenvalue weighted by molar-refractivity contribution is 0.187. The van der Waals surface area contributed by atoms with Gasteiger partial charge in [0, 0.05) is 45.0 Å². The summed E-state index contributed by atoms with van der Waals surface area (Å²) in [5, 5.41) is 2.91. The van der Waals surface area contributed by atoms with E-state index in [2.05, 4.69) is 20.1 Å². The zero-order chi connectivity index (χ0) is 20.9. The highest BCUT2D eigenvalue weighted by atomic mass is 16.5. The van der Waals surface area contributed by atoms with E-state index < -0.39 is 0 Å². The first-order valence-electron chi connectivity index (χ1n) is 10.8. The van der Waals surface area contributed by atoms with E-state index in [-0.39, 0.29) is 6.03 Å². The van der Waals surface area contributed by atoms with Crippen LogP contribution >= 0.6 is 0 Å². The minimum atomic E-state index is -0.208. The van der Waals surface area contributed by atoms with Gasteiger partial charge in [-0.1, -0.05) is 12.8 Å². The molecular weight excluding hydrogens is 378 g/mol. The van der Waals surface area contributed by atoms with E-state index in [0.717, 1.165) is 49.5 Å². The summed E-state index contributed by atoms with van der Waals surface area (Å²) in [5.41, 5.74) is 1.48. The van der Waals surface area contributed by atoms with Gasteiger partial charge in [-0.2, -0.15) is 0 Å². The Morgan fingerprint density at radius 1 is 1.07 bits per heavy atom. The normalized spacial score (nSPS) is 17.7. The van der Waals surface area contributed by atoms with Crippen LogP contribution in [0.25, 0.3) is 0 Å². The second-order valence-corrected chi connectivity index (χ2v) is 8.05. The predicted octanol–water partition coefficient (Wildman–Crippen LogP) is 3.82. The molecule has 2 amide bonds. The minimum absolute atomic E-state index is 0.208. The van der Waals surface area contributed by atoms with Crippen molar-refractivity contribution in [1.29, 1.82) is 0 Å². The van der Waals surface area contributed by atoms with E-state index in [1.807, 2.05) is 36.4 Å². The molecule has 1 saturated heterocycles. The van der Waals surface area contributed by atoms with Gasteiger partial charge in [-0.25, -0.2) is 9.78 Å². The lowest BCUT2D eigenvalue weighted by atomic mass is 10.2. The van der Waals surface area contributed by atoms with Crippen LogP contribution in [0.15, 0.2) is 42.6 Å². The third kappa shape index (κ3) is 4.67. The number of ether oxygens (including phenoxy) is 1. The summed E-state index contributed by atoms with van der Waals surface area (Å²) < 4.78 is 5.16. The van der Waals surface area contributed by atoms with Gasteiger partial charge in [-0.05, 0) is 49.2 Å². The van der Waals surface area contributed by atoms with Crippen LogP contribution in [0.3, 0.4) is 0 Å². The maximum Gasteiger partial charge on any atom is 0.326 e. The summed E-state index contributed by atoms with van der Waals surface area (Å²) in [6.45, 7) is 4.24. The molecule has 1 N–H and O–H groups in total. The van der Waals surface area contributed by atoms with Crippen LogP contribution in [0.5, 0.6) is 5.75 Å². The quantitative estimate of drug-likeness (QED) is 0.813. The number of hydrogen-bond donors (Lipinski definition) is 1. The maximum atomic E-state index is 12.6. The first-order valence-corrected chi connectivity index (χ1v) is 10.8. The molecule has 2 aliphatic rings. The van der Waals surface area contributed by atoms with E-state index in [4.69, 9.17) is 4.74 Å². The zero-order valence-electron chi connectivity index (χ0n) is 17.9. The summed E-state index contributed by atoms with van der Waals surface area (Å²) in [6.07, 6.45) is 7.22. The van der Waals surface area contributed by atoms with Crippen molar-refractivity contribution in [2.75, 3.05) is 55.5 Å². The number of nitrogens with zero attached hydrogens (tertiary/aromatic N) is 4. The number of carbonyl (C=O) groups is 1. The average Bonchev–Trinajstić information content (AvgIpc) is 3.34. The monoisotopic (exact) mass is 409 g/mol. The van der Waals surface area contributed by atoms with Gasteiger partial charge in [0.1, 0.15) is 11.6 Å². The van der Waals surface area contributed by atoms with Crippen LogP contribution in [-0.2, 0) is 0 Å². The number of methoxy groups -OCH3 is 1. The highest BCUT2D eigenvalue weighted by Gasteiger charge is 2.26. The van der Waals surface area contributed by atoms with Gasteiger partial charge < -0.3 is 15.0 Å². The molecule has 1 aromatic heterocycles. The van der Waals surface area contributed by atoms with E-state index in [0.29, 0.717) is 5.69 Å². The molecule has 2 heterocycles. The molecule has 0 atom stereocenters. The molecule has 1 aliphatic heterocycles. The molecular formula is C23H31N5O2. The van der Waals surface area contributed by atoms with Gasteiger partial charge >= 0.3 is 6.03 Å². The van der Waals surface area contributed by atoms with Crippen LogP contribution < -0.4 is 19.9 Å². The number of carbonyl (C=O) groups excluding carboxylic acids is 1. The molecule has 7 heteroatoms. The number of aromatic nitrogens is 1. The largest absolute Gasteiger partial charge is 0.497 e. The number of pyridine rings is 1. The standard InChI is InChI=1S/C23H31N5O2/c1-26(19-8-10-21(30-2)11-9-19)23(29)25-18-7-12-22(24-17-18)28-15-13-27(14-16-28)20-5-3-4-6-20/h7-12,17,20H,3-6,13-16H2,1-2H3,(H,25,29). The summed E-state index contributed by atoms with van der Waals surface area (Å²) >= 11 is 0. The highest BCUT2D eigenvalue weighted by Crippen LogP contribution is 2.25. The molecule has 1 saturated carbocycles. The lowest BCUT2D eigenvalue weighted by Gasteiger charge is -2.38. The fourth-order valence-electron chi connectivity index (χ4n) is 4.36. The average molecular weight is 410 g/mol. The number of hydrogen-bond acceptors (Lipinski definition) is 5. The smallest absolute Gasteiger partial charge is 0.326 e. The number of urea groups is 1. The van der Waals surface area contributed by atoms with Gasteiger partial charge in [-0.15, -0.1) is 0 Å². The first kappa shape index (κ1) is 20.5. The minimum Gasteiger partial charge on any atom is -0.497 e. The van der Waals surface area contributed by atoms with Crippen LogP contribution in [0, 0.1) is 0 Å². The summed E-state index contributed by atoms with van der Waals surface area (Å²) in [4.78, 5) is 23.7. The fourth-order valence-corrected chi connectivity index (χ4v) is 4.36. The Bertz CT molecular complexity index is 826. The molecule has 0 radical (unpaired) electrons. The lowest BCUT2D eigenvalue weighted by Crippen LogP contribution is -2.49. The van der Waals surface area contributed by atoms with Crippen LogP contribution in [0.1, 0.15) is 25.7 Å². The maximum absolute atomic E-state index is 12.6. The molecule has 0 spiro atoms. The van der Waals surface area contributed by atoms with E-state index in [1.54, 1.807) is 25.3 Å². The SMILES string of the molecule is COc1ccc(N(C)C(=O)Nc2ccc(N3CCN(C4CCCC4)CC3)nc2)cc1. The number of rotatable bonds is 5. The third-order valence-corrected chi connectivity index (χ3v) is 6.24.